The maximum Gasteiger partial charge on any atom is 0.319 e. The Hall–Kier alpha value is -1.59. The molecule has 3 saturated heterocycles. The number of nitrogens with one attached hydrogen (secondary N) is 1. The van der Waals surface area contributed by atoms with Crippen LogP contribution in [0.25, 0.3) is 0 Å². The summed E-state index contributed by atoms with van der Waals surface area (Å²) in [6.07, 6.45) is 2.47. The molecule has 0 radical (unpaired) electrons. The number of nitrogens with zero attached hydrogens (tertiary/aromatic N) is 1. The van der Waals surface area contributed by atoms with Gasteiger partial charge in [0.15, 0.2) is 0 Å². The summed E-state index contributed by atoms with van der Waals surface area (Å²) in [5, 5.41) is 3.34. The van der Waals surface area contributed by atoms with Crippen LogP contribution in [0.4, 0.5) is 5.69 Å². The number of carbonyl (C=O) groups is 2. The number of hydrogen-bond acceptors (Lipinski definition) is 4. The zero-order valence-corrected chi connectivity index (χ0v) is 13.5. The summed E-state index contributed by atoms with van der Waals surface area (Å²) in [5.41, 5.74) is 1.61. The number of anilines is 1. The van der Waals surface area contributed by atoms with E-state index < -0.39 is 11.9 Å². The minimum absolute atomic E-state index is 0.0654. The summed E-state index contributed by atoms with van der Waals surface area (Å²) in [6, 6.07) is 5.34. The number of fused-ring (bicyclic) bond motifs is 4. The maximum atomic E-state index is 12.5. The Morgan fingerprint density at radius 1 is 1.30 bits per heavy atom. The number of esters is 1. The fraction of sp³-hybridized carbons (Fsp3) is 0.529. The first-order chi connectivity index (χ1) is 11.1. The summed E-state index contributed by atoms with van der Waals surface area (Å²) in [7, 11) is 0. The van der Waals surface area contributed by atoms with Crippen LogP contribution in [0.5, 0.6) is 0 Å². The van der Waals surface area contributed by atoms with E-state index in [0.717, 1.165) is 38.0 Å². The van der Waals surface area contributed by atoms with Gasteiger partial charge in [-0.15, -0.1) is 0 Å². The van der Waals surface area contributed by atoms with Crippen molar-refractivity contribution in [2.24, 2.45) is 11.8 Å². The van der Waals surface area contributed by atoms with E-state index in [2.05, 4.69) is 10.2 Å². The average molecular weight is 335 g/mol. The Morgan fingerprint density at radius 2 is 2.09 bits per heavy atom. The Bertz CT molecular complexity index is 655. The normalized spacial score (nSPS) is 32.1. The molecule has 23 heavy (non-hydrogen) atoms. The summed E-state index contributed by atoms with van der Waals surface area (Å²) in [5.74, 6) is -1.02. The van der Waals surface area contributed by atoms with Crippen LogP contribution < -0.4 is 5.32 Å². The Morgan fingerprint density at radius 3 is 2.78 bits per heavy atom. The third-order valence-corrected chi connectivity index (χ3v) is 5.45. The molecule has 0 saturated carbocycles. The van der Waals surface area contributed by atoms with Gasteiger partial charge < -0.3 is 10.1 Å². The first-order valence-electron chi connectivity index (χ1n) is 8.12. The van der Waals surface area contributed by atoms with Gasteiger partial charge in [0.05, 0.1) is 0 Å². The van der Waals surface area contributed by atoms with Crippen LogP contribution in [0.3, 0.4) is 0 Å². The quantitative estimate of drug-likeness (QED) is 0.664. The minimum Gasteiger partial charge on any atom is -0.460 e. The van der Waals surface area contributed by atoms with Crippen molar-refractivity contribution in [3.8, 4) is 0 Å². The van der Waals surface area contributed by atoms with Gasteiger partial charge in [-0.2, -0.15) is 0 Å². The number of ether oxygens (including phenoxy) is 1. The largest absolute Gasteiger partial charge is 0.460 e. The van der Waals surface area contributed by atoms with Crippen molar-refractivity contribution >= 4 is 29.2 Å². The molecule has 3 fully saturated rings. The zero-order valence-electron chi connectivity index (χ0n) is 12.8. The first-order valence-corrected chi connectivity index (χ1v) is 8.50. The molecule has 2 unspecified atom stereocenters. The smallest absolute Gasteiger partial charge is 0.319 e. The predicted octanol–water partition coefficient (Wildman–Crippen LogP) is 2.09. The second-order valence-corrected chi connectivity index (χ2v) is 7.10. The second-order valence-electron chi connectivity index (χ2n) is 6.66. The molecule has 5 rings (SSSR count). The van der Waals surface area contributed by atoms with Crippen LogP contribution >= 0.6 is 11.6 Å². The Labute approximate surface area is 139 Å². The monoisotopic (exact) mass is 334 g/mol. The van der Waals surface area contributed by atoms with Crippen molar-refractivity contribution in [1.29, 1.82) is 0 Å². The summed E-state index contributed by atoms with van der Waals surface area (Å²) >= 11 is 5.94. The number of halogens is 1. The van der Waals surface area contributed by atoms with Crippen molar-refractivity contribution in [2.75, 3.05) is 25.0 Å². The Balaban J connectivity index is 1.46. The fourth-order valence-electron chi connectivity index (χ4n) is 3.84. The molecule has 0 aromatic heterocycles. The van der Waals surface area contributed by atoms with Crippen molar-refractivity contribution in [3.63, 3.8) is 0 Å². The van der Waals surface area contributed by atoms with E-state index in [1.165, 1.54) is 0 Å². The highest BCUT2D eigenvalue weighted by Gasteiger charge is 2.40. The molecule has 6 heteroatoms. The zero-order chi connectivity index (χ0) is 16.0. The molecule has 1 N–H and O–H groups in total. The summed E-state index contributed by atoms with van der Waals surface area (Å²) in [4.78, 5) is 27.1. The van der Waals surface area contributed by atoms with Gasteiger partial charge in [0.2, 0.25) is 5.91 Å². The standard InChI is InChI=1S/C17H19ClN2O3/c18-12-2-1-11-7-13(16(21)19-14(11)8-12)17(22)23-15-9-20-5-3-10(15)4-6-20/h1-2,8,10,13,15H,3-7,9H2,(H,19,21). The van der Waals surface area contributed by atoms with Gasteiger partial charge >= 0.3 is 5.97 Å². The molecule has 122 valence electrons. The van der Waals surface area contributed by atoms with E-state index in [0.29, 0.717) is 23.0 Å². The minimum atomic E-state index is -0.765. The lowest BCUT2D eigenvalue weighted by molar-refractivity contribution is -0.165. The van der Waals surface area contributed by atoms with Crippen LogP contribution in [-0.2, 0) is 20.7 Å². The molecule has 1 aromatic rings. The highest BCUT2D eigenvalue weighted by atomic mass is 35.5. The van der Waals surface area contributed by atoms with Crippen LogP contribution in [0.15, 0.2) is 18.2 Å². The number of piperidine rings is 3. The predicted molar refractivity (Wildman–Crippen MR) is 86.3 cm³/mol. The number of benzene rings is 1. The van der Waals surface area contributed by atoms with Crippen molar-refractivity contribution in [1.82, 2.24) is 4.90 Å². The molecule has 4 aliphatic rings. The third-order valence-electron chi connectivity index (χ3n) is 5.22. The number of rotatable bonds is 2. The van der Waals surface area contributed by atoms with Gasteiger partial charge in [-0.3, -0.25) is 14.5 Å². The van der Waals surface area contributed by atoms with E-state index in [4.69, 9.17) is 16.3 Å². The topological polar surface area (TPSA) is 58.6 Å². The fourth-order valence-corrected chi connectivity index (χ4v) is 4.01. The number of hydrogen-bond donors (Lipinski definition) is 1. The molecular weight excluding hydrogens is 316 g/mol. The third kappa shape index (κ3) is 2.83. The van der Waals surface area contributed by atoms with Gasteiger partial charge in [-0.05, 0) is 56.0 Å². The molecule has 1 aromatic carbocycles. The van der Waals surface area contributed by atoms with E-state index in [1.54, 1.807) is 12.1 Å². The van der Waals surface area contributed by atoms with Crippen LogP contribution in [0.2, 0.25) is 5.02 Å². The maximum absolute atomic E-state index is 12.5. The summed E-state index contributed by atoms with van der Waals surface area (Å²) < 4.78 is 5.71. The molecule has 2 bridgehead atoms. The van der Waals surface area contributed by atoms with Gasteiger partial charge in [0, 0.05) is 17.3 Å². The Kier molecular flexibility index (Phi) is 3.77. The van der Waals surface area contributed by atoms with Crippen molar-refractivity contribution in [3.05, 3.63) is 28.8 Å². The molecule has 1 amide bonds. The SMILES string of the molecule is O=C1Nc2cc(Cl)ccc2CC1C(=O)OC1CN2CCC1CC2. The average Bonchev–Trinajstić information content (AvgIpc) is 2.55. The highest BCUT2D eigenvalue weighted by molar-refractivity contribution is 6.31. The van der Waals surface area contributed by atoms with Gasteiger partial charge in [-0.1, -0.05) is 17.7 Å². The van der Waals surface area contributed by atoms with Crippen LogP contribution in [0, 0.1) is 11.8 Å². The van der Waals surface area contributed by atoms with Crippen molar-refractivity contribution < 1.29 is 14.3 Å². The lowest BCUT2D eigenvalue weighted by Gasteiger charge is -2.44. The van der Waals surface area contributed by atoms with Crippen molar-refractivity contribution in [2.45, 2.75) is 25.4 Å². The van der Waals surface area contributed by atoms with E-state index in [-0.39, 0.29) is 12.0 Å². The van der Waals surface area contributed by atoms with Gasteiger partial charge in [0.25, 0.3) is 0 Å². The van der Waals surface area contributed by atoms with Gasteiger partial charge in [0.1, 0.15) is 12.0 Å². The molecule has 0 spiro atoms. The lowest BCUT2D eigenvalue weighted by atomic mass is 9.85. The van der Waals surface area contributed by atoms with Gasteiger partial charge in [-0.25, -0.2) is 0 Å². The van der Waals surface area contributed by atoms with E-state index in [9.17, 15) is 9.59 Å². The lowest BCUT2D eigenvalue weighted by Crippen LogP contribution is -2.52. The van der Waals surface area contributed by atoms with E-state index in [1.807, 2.05) is 6.07 Å². The number of carbonyl (C=O) groups excluding carboxylic acids is 2. The molecule has 4 aliphatic heterocycles. The van der Waals surface area contributed by atoms with E-state index >= 15 is 0 Å². The number of amides is 1. The first kappa shape index (κ1) is 15.0. The molecule has 5 nitrogen and oxygen atoms in total. The molecule has 2 atom stereocenters. The highest BCUT2D eigenvalue weighted by Crippen LogP contribution is 2.32. The second kappa shape index (κ2) is 5.80. The molecular formula is C17H19ClN2O3. The summed E-state index contributed by atoms with van der Waals surface area (Å²) in [6.45, 7) is 2.99. The van der Waals surface area contributed by atoms with Crippen LogP contribution in [-0.4, -0.2) is 42.5 Å². The van der Waals surface area contributed by atoms with Crippen LogP contribution in [0.1, 0.15) is 18.4 Å². The molecule has 4 heterocycles. The molecule has 0 aliphatic carbocycles.